The molecule has 1 atom stereocenters. The fourth-order valence-electron chi connectivity index (χ4n) is 1.40. The zero-order valence-electron chi connectivity index (χ0n) is 8.69. The van der Waals surface area contributed by atoms with Gasteiger partial charge >= 0.3 is 0 Å². The van der Waals surface area contributed by atoms with Crippen LogP contribution in [0.3, 0.4) is 0 Å². The molecular weight excluding hydrogens is 226 g/mol. The summed E-state index contributed by atoms with van der Waals surface area (Å²) in [6.07, 6.45) is 0. The highest BCUT2D eigenvalue weighted by atomic mass is 32.1. The Balaban J connectivity index is 2.23. The Bertz CT molecular complexity index is 447. The normalized spacial score (nSPS) is 12.7. The van der Waals surface area contributed by atoms with Crippen LogP contribution in [0.1, 0.15) is 21.4 Å². The lowest BCUT2D eigenvalue weighted by Gasteiger charge is -2.06. The van der Waals surface area contributed by atoms with Crippen LogP contribution < -0.4 is 10.5 Å². The molecule has 0 aliphatic heterocycles. The van der Waals surface area contributed by atoms with Gasteiger partial charge in [0.25, 0.3) is 0 Å². The predicted molar refractivity (Wildman–Crippen MR) is 66.0 cm³/mol. The zero-order valence-corrected chi connectivity index (χ0v) is 10.3. The maximum Gasteiger partial charge on any atom is 0.129 e. The van der Waals surface area contributed by atoms with Gasteiger partial charge in [-0.1, -0.05) is 0 Å². The van der Waals surface area contributed by atoms with Crippen LogP contribution in [0.15, 0.2) is 22.9 Å². The summed E-state index contributed by atoms with van der Waals surface area (Å²) in [5, 5.41) is 4.10. The summed E-state index contributed by atoms with van der Waals surface area (Å²) in [5.41, 5.74) is 7.34. The molecule has 0 radical (unpaired) electrons. The highest BCUT2D eigenvalue weighted by molar-refractivity contribution is 7.10. The van der Waals surface area contributed by atoms with Crippen molar-refractivity contribution in [2.45, 2.75) is 13.0 Å². The molecule has 2 N–H and O–H groups in total. The van der Waals surface area contributed by atoms with E-state index in [1.807, 2.05) is 11.4 Å². The number of hydrogen-bond acceptors (Lipinski definition) is 4. The van der Waals surface area contributed by atoms with E-state index in [0.717, 1.165) is 10.6 Å². The van der Waals surface area contributed by atoms with Gasteiger partial charge in [-0.2, -0.15) is 0 Å². The molecule has 80 valence electrons. The largest absolute Gasteiger partial charge is 0.496 e. The van der Waals surface area contributed by atoms with Gasteiger partial charge < -0.3 is 10.5 Å². The summed E-state index contributed by atoms with van der Waals surface area (Å²) in [6, 6.07) is 4.12. The van der Waals surface area contributed by atoms with E-state index < -0.39 is 0 Å². The number of aryl methyl sites for hydroxylation is 1. The fourth-order valence-corrected chi connectivity index (χ4v) is 3.02. The molecule has 0 spiro atoms. The first kappa shape index (κ1) is 10.7. The zero-order chi connectivity index (χ0) is 10.8. The summed E-state index contributed by atoms with van der Waals surface area (Å²) in [5.74, 6) is 0.886. The Morgan fingerprint density at radius 3 is 2.60 bits per heavy atom. The minimum Gasteiger partial charge on any atom is -0.496 e. The number of nitrogens with two attached hydrogens (primary N) is 1. The van der Waals surface area contributed by atoms with Crippen molar-refractivity contribution < 1.29 is 4.74 Å². The standard InChI is InChI=1S/C11H13NOS2/c1-7-3-8(5-14-7)11(12)10-4-9(13-2)6-15-10/h3-6,11H,12H2,1-2H3. The molecule has 2 aromatic heterocycles. The van der Waals surface area contributed by atoms with Crippen LogP contribution in [-0.2, 0) is 0 Å². The molecule has 4 heteroatoms. The quantitative estimate of drug-likeness (QED) is 0.893. The third-order valence-electron chi connectivity index (χ3n) is 2.25. The third kappa shape index (κ3) is 2.22. The lowest BCUT2D eigenvalue weighted by molar-refractivity contribution is 0.416. The summed E-state index contributed by atoms with van der Waals surface area (Å²) in [6.45, 7) is 2.09. The SMILES string of the molecule is COc1csc(C(N)c2csc(C)c2)c1. The van der Waals surface area contributed by atoms with E-state index in [1.54, 1.807) is 29.8 Å². The highest BCUT2D eigenvalue weighted by Gasteiger charge is 2.12. The van der Waals surface area contributed by atoms with Crippen LogP contribution in [0, 0.1) is 6.92 Å². The van der Waals surface area contributed by atoms with E-state index in [4.69, 9.17) is 10.5 Å². The van der Waals surface area contributed by atoms with Gasteiger partial charge in [-0.05, 0) is 30.0 Å². The maximum absolute atomic E-state index is 6.16. The number of thiophene rings is 2. The van der Waals surface area contributed by atoms with Crippen molar-refractivity contribution >= 4 is 22.7 Å². The van der Waals surface area contributed by atoms with Crippen molar-refractivity contribution in [3.63, 3.8) is 0 Å². The summed E-state index contributed by atoms with van der Waals surface area (Å²) >= 11 is 3.37. The molecule has 1 unspecified atom stereocenters. The second kappa shape index (κ2) is 4.35. The smallest absolute Gasteiger partial charge is 0.129 e. The Labute approximate surface area is 97.3 Å². The van der Waals surface area contributed by atoms with E-state index in [2.05, 4.69) is 18.4 Å². The Morgan fingerprint density at radius 2 is 2.07 bits per heavy atom. The van der Waals surface area contributed by atoms with E-state index in [1.165, 1.54) is 10.4 Å². The average Bonchev–Trinajstić information content (AvgIpc) is 2.84. The molecule has 0 bridgehead atoms. The van der Waals surface area contributed by atoms with Gasteiger partial charge in [0.2, 0.25) is 0 Å². The lowest BCUT2D eigenvalue weighted by atomic mass is 10.1. The molecule has 2 rings (SSSR count). The van der Waals surface area contributed by atoms with Gasteiger partial charge in [-0.25, -0.2) is 0 Å². The molecule has 2 nitrogen and oxygen atoms in total. The first-order valence-corrected chi connectivity index (χ1v) is 6.39. The molecule has 2 heterocycles. The van der Waals surface area contributed by atoms with Crippen LogP contribution in [0.5, 0.6) is 5.75 Å². The second-order valence-electron chi connectivity index (χ2n) is 3.36. The minimum atomic E-state index is -0.0242. The van der Waals surface area contributed by atoms with Gasteiger partial charge in [-0.3, -0.25) is 0 Å². The van der Waals surface area contributed by atoms with E-state index in [-0.39, 0.29) is 6.04 Å². The van der Waals surface area contributed by atoms with Crippen molar-refractivity contribution in [3.05, 3.63) is 38.2 Å². The van der Waals surface area contributed by atoms with E-state index in [9.17, 15) is 0 Å². The summed E-state index contributed by atoms with van der Waals surface area (Å²) in [7, 11) is 1.67. The topological polar surface area (TPSA) is 35.2 Å². The minimum absolute atomic E-state index is 0.0242. The van der Waals surface area contributed by atoms with Crippen molar-refractivity contribution in [2.24, 2.45) is 5.73 Å². The lowest BCUT2D eigenvalue weighted by Crippen LogP contribution is -2.08. The molecule has 0 saturated carbocycles. The molecule has 0 amide bonds. The molecule has 0 fully saturated rings. The first-order valence-electron chi connectivity index (χ1n) is 4.63. The monoisotopic (exact) mass is 239 g/mol. The number of methoxy groups -OCH3 is 1. The van der Waals surface area contributed by atoms with Crippen LogP contribution in [0.4, 0.5) is 0 Å². The van der Waals surface area contributed by atoms with E-state index in [0.29, 0.717) is 0 Å². The van der Waals surface area contributed by atoms with Gasteiger partial charge in [0.1, 0.15) is 5.75 Å². The fraction of sp³-hybridized carbons (Fsp3) is 0.273. The van der Waals surface area contributed by atoms with Crippen molar-refractivity contribution in [2.75, 3.05) is 7.11 Å². The maximum atomic E-state index is 6.16. The Kier molecular flexibility index (Phi) is 3.09. The van der Waals surface area contributed by atoms with Gasteiger partial charge in [0, 0.05) is 15.1 Å². The molecule has 0 aliphatic rings. The summed E-state index contributed by atoms with van der Waals surface area (Å²) < 4.78 is 5.14. The molecule has 15 heavy (non-hydrogen) atoms. The molecule has 0 saturated heterocycles. The number of rotatable bonds is 3. The Hall–Kier alpha value is -0.840. The average molecular weight is 239 g/mol. The van der Waals surface area contributed by atoms with Crippen LogP contribution >= 0.6 is 22.7 Å². The molecule has 2 aromatic rings. The first-order chi connectivity index (χ1) is 7.20. The molecule has 0 aliphatic carbocycles. The number of hydrogen-bond donors (Lipinski definition) is 1. The van der Waals surface area contributed by atoms with E-state index >= 15 is 0 Å². The second-order valence-corrected chi connectivity index (χ2v) is 5.42. The summed E-state index contributed by atoms with van der Waals surface area (Å²) in [4.78, 5) is 2.44. The van der Waals surface area contributed by atoms with Crippen molar-refractivity contribution in [1.82, 2.24) is 0 Å². The predicted octanol–water partition coefficient (Wildman–Crippen LogP) is 3.17. The third-order valence-corrected chi connectivity index (χ3v) is 4.12. The van der Waals surface area contributed by atoms with Crippen molar-refractivity contribution in [3.8, 4) is 5.75 Å². The van der Waals surface area contributed by atoms with Crippen molar-refractivity contribution in [1.29, 1.82) is 0 Å². The molecular formula is C11H13NOS2. The van der Waals surface area contributed by atoms with Crippen LogP contribution in [-0.4, -0.2) is 7.11 Å². The Morgan fingerprint density at radius 1 is 1.27 bits per heavy atom. The van der Waals surface area contributed by atoms with Crippen LogP contribution in [0.2, 0.25) is 0 Å². The van der Waals surface area contributed by atoms with Gasteiger partial charge in [0.05, 0.1) is 13.2 Å². The molecule has 0 aromatic carbocycles. The number of ether oxygens (including phenoxy) is 1. The van der Waals surface area contributed by atoms with Gasteiger partial charge in [0.15, 0.2) is 0 Å². The van der Waals surface area contributed by atoms with Gasteiger partial charge in [-0.15, -0.1) is 22.7 Å². The van der Waals surface area contributed by atoms with Crippen LogP contribution in [0.25, 0.3) is 0 Å². The highest BCUT2D eigenvalue weighted by Crippen LogP contribution is 2.31.